The highest BCUT2D eigenvalue weighted by molar-refractivity contribution is 9.10. The summed E-state index contributed by atoms with van der Waals surface area (Å²) in [7, 11) is 0. The number of nitrogens with zero attached hydrogens (tertiary/aromatic N) is 2. The summed E-state index contributed by atoms with van der Waals surface area (Å²) >= 11 is 3.35. The Balaban J connectivity index is 2.77. The van der Waals surface area contributed by atoms with Crippen LogP contribution in [0.25, 0.3) is 11.0 Å². The van der Waals surface area contributed by atoms with Crippen LogP contribution < -0.4 is 0 Å². The van der Waals surface area contributed by atoms with Gasteiger partial charge in [0.2, 0.25) is 0 Å². The standard InChI is InChI=1S/C11H11BrN2/c1-3-8-6-7(2)9-4-5-10(12)14-11(9)13-8/h4-6H,3H2,1-2H3. The van der Waals surface area contributed by atoms with Crippen LogP contribution in [0.2, 0.25) is 0 Å². The van der Waals surface area contributed by atoms with Gasteiger partial charge in [0.1, 0.15) is 4.60 Å². The zero-order valence-electron chi connectivity index (χ0n) is 8.21. The van der Waals surface area contributed by atoms with Crippen LogP contribution in [0.4, 0.5) is 0 Å². The predicted octanol–water partition coefficient (Wildman–Crippen LogP) is 3.26. The Hall–Kier alpha value is -0.960. The van der Waals surface area contributed by atoms with Crippen LogP contribution in [0, 0.1) is 6.92 Å². The summed E-state index contributed by atoms with van der Waals surface area (Å²) in [6.45, 7) is 4.20. The van der Waals surface area contributed by atoms with Crippen molar-refractivity contribution in [2.45, 2.75) is 20.3 Å². The molecule has 0 saturated heterocycles. The molecule has 0 aliphatic heterocycles. The van der Waals surface area contributed by atoms with Gasteiger partial charge in [-0.25, -0.2) is 9.97 Å². The Morgan fingerprint density at radius 3 is 2.79 bits per heavy atom. The van der Waals surface area contributed by atoms with Crippen molar-refractivity contribution in [3.63, 3.8) is 0 Å². The molecule has 0 aromatic carbocycles. The van der Waals surface area contributed by atoms with Gasteiger partial charge in [0.15, 0.2) is 5.65 Å². The van der Waals surface area contributed by atoms with Crippen LogP contribution in [0.1, 0.15) is 18.2 Å². The predicted molar refractivity (Wildman–Crippen MR) is 61.4 cm³/mol. The first-order chi connectivity index (χ1) is 6.70. The van der Waals surface area contributed by atoms with Gasteiger partial charge in [-0.1, -0.05) is 6.92 Å². The normalized spacial score (nSPS) is 10.8. The first-order valence-electron chi connectivity index (χ1n) is 4.63. The molecule has 0 aliphatic rings. The van der Waals surface area contributed by atoms with E-state index >= 15 is 0 Å². The zero-order valence-corrected chi connectivity index (χ0v) is 9.80. The molecule has 2 nitrogen and oxygen atoms in total. The van der Waals surface area contributed by atoms with E-state index in [0.717, 1.165) is 27.8 Å². The van der Waals surface area contributed by atoms with Crippen LogP contribution in [0.3, 0.4) is 0 Å². The maximum absolute atomic E-state index is 4.47. The molecule has 0 fully saturated rings. The molecule has 0 N–H and O–H groups in total. The van der Waals surface area contributed by atoms with Gasteiger partial charge in [-0.15, -0.1) is 0 Å². The summed E-state index contributed by atoms with van der Waals surface area (Å²) in [6, 6.07) is 6.12. The molecule has 0 aliphatic carbocycles. The van der Waals surface area contributed by atoms with Crippen LogP contribution in [0.15, 0.2) is 22.8 Å². The number of hydrogen-bond donors (Lipinski definition) is 0. The topological polar surface area (TPSA) is 25.8 Å². The van der Waals surface area contributed by atoms with Gasteiger partial charge >= 0.3 is 0 Å². The van der Waals surface area contributed by atoms with Crippen LogP contribution in [-0.2, 0) is 6.42 Å². The van der Waals surface area contributed by atoms with Crippen molar-refractivity contribution in [2.75, 3.05) is 0 Å². The molecule has 2 heterocycles. The van der Waals surface area contributed by atoms with E-state index < -0.39 is 0 Å². The summed E-state index contributed by atoms with van der Waals surface area (Å²) in [4.78, 5) is 8.82. The van der Waals surface area contributed by atoms with Gasteiger partial charge in [-0.05, 0) is 53.0 Å². The smallest absolute Gasteiger partial charge is 0.160 e. The molecule has 2 aromatic heterocycles. The number of fused-ring (bicyclic) bond motifs is 1. The third-order valence-corrected chi connectivity index (χ3v) is 2.70. The summed E-state index contributed by atoms with van der Waals surface area (Å²) in [5, 5.41) is 1.13. The second-order valence-electron chi connectivity index (χ2n) is 3.29. The Morgan fingerprint density at radius 1 is 1.29 bits per heavy atom. The highest BCUT2D eigenvalue weighted by Crippen LogP contribution is 2.18. The molecule has 0 saturated carbocycles. The van der Waals surface area contributed by atoms with Crippen LogP contribution >= 0.6 is 15.9 Å². The summed E-state index contributed by atoms with van der Waals surface area (Å²) in [5.74, 6) is 0. The van der Waals surface area contributed by atoms with E-state index in [1.165, 1.54) is 5.56 Å². The highest BCUT2D eigenvalue weighted by Gasteiger charge is 2.02. The number of pyridine rings is 2. The second kappa shape index (κ2) is 3.65. The number of halogens is 1. The zero-order chi connectivity index (χ0) is 10.1. The second-order valence-corrected chi connectivity index (χ2v) is 4.10. The molecule has 0 atom stereocenters. The van der Waals surface area contributed by atoms with Crippen LogP contribution in [-0.4, -0.2) is 9.97 Å². The fraction of sp³-hybridized carbons (Fsp3) is 0.273. The summed E-state index contributed by atoms with van der Waals surface area (Å²) < 4.78 is 0.838. The minimum absolute atomic E-state index is 0.830. The van der Waals surface area contributed by atoms with E-state index in [1.54, 1.807) is 0 Å². The molecule has 0 bridgehead atoms. The number of rotatable bonds is 1. The fourth-order valence-electron chi connectivity index (χ4n) is 1.50. The SMILES string of the molecule is CCc1cc(C)c2ccc(Br)nc2n1. The maximum Gasteiger partial charge on any atom is 0.160 e. The van der Waals surface area contributed by atoms with Gasteiger partial charge in [0.25, 0.3) is 0 Å². The lowest BCUT2D eigenvalue weighted by atomic mass is 10.1. The van der Waals surface area contributed by atoms with Crippen LogP contribution in [0.5, 0.6) is 0 Å². The molecule has 72 valence electrons. The molecule has 0 amide bonds. The fourth-order valence-corrected chi connectivity index (χ4v) is 1.80. The first-order valence-corrected chi connectivity index (χ1v) is 5.43. The summed E-state index contributed by atoms with van der Waals surface area (Å²) in [5.41, 5.74) is 3.17. The van der Waals surface area contributed by atoms with Gasteiger partial charge in [0.05, 0.1) is 0 Å². The Kier molecular flexibility index (Phi) is 2.50. The molecular formula is C11H11BrN2. The van der Waals surface area contributed by atoms with E-state index in [-0.39, 0.29) is 0 Å². The summed E-state index contributed by atoms with van der Waals surface area (Å²) in [6.07, 6.45) is 0.949. The minimum atomic E-state index is 0.830. The van der Waals surface area contributed by atoms with E-state index in [4.69, 9.17) is 0 Å². The van der Waals surface area contributed by atoms with E-state index in [2.05, 4.69) is 45.8 Å². The Morgan fingerprint density at radius 2 is 2.07 bits per heavy atom. The van der Waals surface area contributed by atoms with Crippen molar-refractivity contribution < 1.29 is 0 Å². The lowest BCUT2D eigenvalue weighted by molar-refractivity contribution is 1.04. The monoisotopic (exact) mass is 250 g/mol. The average molecular weight is 251 g/mol. The maximum atomic E-state index is 4.47. The van der Waals surface area contributed by atoms with Gasteiger partial charge in [0, 0.05) is 11.1 Å². The minimum Gasteiger partial charge on any atom is -0.233 e. The quantitative estimate of drug-likeness (QED) is 0.727. The third kappa shape index (κ3) is 1.64. The molecule has 0 unspecified atom stereocenters. The highest BCUT2D eigenvalue weighted by atomic mass is 79.9. The number of aryl methyl sites for hydroxylation is 2. The lowest BCUT2D eigenvalue weighted by Gasteiger charge is -2.03. The van der Waals surface area contributed by atoms with Crippen molar-refractivity contribution in [3.05, 3.63) is 34.1 Å². The third-order valence-electron chi connectivity index (χ3n) is 2.26. The molecule has 2 rings (SSSR count). The van der Waals surface area contributed by atoms with E-state index in [0.29, 0.717) is 0 Å². The largest absolute Gasteiger partial charge is 0.233 e. The van der Waals surface area contributed by atoms with Gasteiger partial charge < -0.3 is 0 Å². The van der Waals surface area contributed by atoms with E-state index in [9.17, 15) is 0 Å². The average Bonchev–Trinajstić information content (AvgIpc) is 2.16. The molecule has 3 heteroatoms. The van der Waals surface area contributed by atoms with Crippen molar-refractivity contribution in [1.82, 2.24) is 9.97 Å². The number of hydrogen-bond acceptors (Lipinski definition) is 2. The molecule has 14 heavy (non-hydrogen) atoms. The van der Waals surface area contributed by atoms with Gasteiger partial charge in [-0.2, -0.15) is 0 Å². The molecule has 0 spiro atoms. The Labute approximate surface area is 91.5 Å². The number of aromatic nitrogens is 2. The molecular weight excluding hydrogens is 240 g/mol. The van der Waals surface area contributed by atoms with Crippen molar-refractivity contribution in [3.8, 4) is 0 Å². The van der Waals surface area contributed by atoms with E-state index in [1.807, 2.05) is 12.1 Å². The molecule has 0 radical (unpaired) electrons. The van der Waals surface area contributed by atoms with Crippen molar-refractivity contribution >= 4 is 27.0 Å². The van der Waals surface area contributed by atoms with Gasteiger partial charge in [-0.3, -0.25) is 0 Å². The lowest BCUT2D eigenvalue weighted by Crippen LogP contribution is -1.93. The van der Waals surface area contributed by atoms with Crippen molar-refractivity contribution in [2.24, 2.45) is 0 Å². The molecule has 2 aromatic rings. The first kappa shape index (κ1) is 9.59. The Bertz CT molecular complexity index is 480. The van der Waals surface area contributed by atoms with Crippen molar-refractivity contribution in [1.29, 1.82) is 0 Å².